The van der Waals surface area contributed by atoms with Crippen LogP contribution in [0.3, 0.4) is 0 Å². The summed E-state index contributed by atoms with van der Waals surface area (Å²) in [4.78, 5) is 13.2. The number of hydrogen-bond donors (Lipinski definition) is 4. The number of carbonyl (C=O) groups is 1. The minimum absolute atomic E-state index is 0.0519. The second kappa shape index (κ2) is 11.2. The van der Waals surface area contributed by atoms with E-state index in [0.29, 0.717) is 41.9 Å². The molecule has 4 aliphatic rings. The Bertz CT molecular complexity index is 1290. The van der Waals surface area contributed by atoms with Gasteiger partial charge in [0, 0.05) is 24.5 Å². The van der Waals surface area contributed by atoms with E-state index in [2.05, 4.69) is 62.8 Å². The van der Waals surface area contributed by atoms with Gasteiger partial charge in [0.1, 0.15) is 0 Å². The van der Waals surface area contributed by atoms with Crippen LogP contribution in [0, 0.1) is 52.3 Å². The predicted molar refractivity (Wildman–Crippen MR) is 168 cm³/mol. The molecule has 1 aromatic carbocycles. The fourth-order valence-corrected chi connectivity index (χ4v) is 10.8. The van der Waals surface area contributed by atoms with Gasteiger partial charge in [-0.05, 0) is 122 Å². The fourth-order valence-electron chi connectivity index (χ4n) is 10.8. The van der Waals surface area contributed by atoms with E-state index in [1.54, 1.807) is 0 Å². The minimum Gasteiger partial charge on any atom is -0.393 e. The molecule has 0 radical (unpaired) electrons. The molecule has 4 fully saturated rings. The zero-order valence-electron chi connectivity index (χ0n) is 26.4. The molecule has 1 aromatic heterocycles. The molecule has 0 bridgehead atoms. The zero-order chi connectivity index (χ0) is 30.0. The lowest BCUT2D eigenvalue weighted by Gasteiger charge is -2.63. The summed E-state index contributed by atoms with van der Waals surface area (Å²) in [5.41, 5.74) is 1.88. The van der Waals surface area contributed by atoms with E-state index in [-0.39, 0.29) is 34.9 Å². The second-order valence-electron chi connectivity index (χ2n) is 15.7. The van der Waals surface area contributed by atoms with E-state index >= 15 is 0 Å². The third-order valence-electron chi connectivity index (χ3n) is 13.0. The highest BCUT2D eigenvalue weighted by Gasteiger charge is 2.65. The fraction of sp³-hybridized carbons (Fsp3) is 0.750. The molecule has 1 heterocycles. The van der Waals surface area contributed by atoms with Crippen molar-refractivity contribution in [1.29, 1.82) is 0 Å². The van der Waals surface area contributed by atoms with Gasteiger partial charge in [0.2, 0.25) is 5.91 Å². The van der Waals surface area contributed by atoms with Gasteiger partial charge in [0.25, 0.3) is 0 Å². The van der Waals surface area contributed by atoms with Gasteiger partial charge in [-0.1, -0.05) is 40.7 Å². The Morgan fingerprint density at radius 3 is 2.57 bits per heavy atom. The van der Waals surface area contributed by atoms with Crippen LogP contribution < -0.4 is 5.32 Å². The van der Waals surface area contributed by atoms with Crippen LogP contribution in [0.2, 0.25) is 0 Å². The summed E-state index contributed by atoms with van der Waals surface area (Å²) in [6.07, 6.45) is 8.63. The van der Waals surface area contributed by atoms with Crippen molar-refractivity contribution in [2.24, 2.45) is 52.3 Å². The number of benzene rings is 1. The van der Waals surface area contributed by atoms with Crippen molar-refractivity contribution in [2.75, 3.05) is 5.32 Å². The number of aliphatic hydroxyl groups excluding tert-OH is 3. The SMILES string of the molecule is CC(C)Cn1ccc2c(NC(=O)CC[C@@H](C)[C@H]3CC[C@H]4[C@@H]5[C@H](O)C[C@@H]6C[C@H](O)CC[C@]6(C)[C@H]5C[C@H](O)[C@]34C)cccc21. The van der Waals surface area contributed by atoms with Crippen LogP contribution in [0.25, 0.3) is 10.9 Å². The van der Waals surface area contributed by atoms with Crippen molar-refractivity contribution in [3.05, 3.63) is 30.5 Å². The van der Waals surface area contributed by atoms with E-state index < -0.39 is 6.10 Å². The molecule has 1 amide bonds. The number of amides is 1. The molecule has 0 saturated heterocycles. The predicted octanol–water partition coefficient (Wildman–Crippen LogP) is 6.61. The lowest BCUT2D eigenvalue weighted by molar-refractivity contribution is -0.207. The molecule has 6 heteroatoms. The maximum Gasteiger partial charge on any atom is 0.224 e. The van der Waals surface area contributed by atoms with Gasteiger partial charge in [-0.25, -0.2) is 0 Å². The summed E-state index contributed by atoms with van der Waals surface area (Å²) < 4.78 is 2.26. The summed E-state index contributed by atoms with van der Waals surface area (Å²) in [6, 6.07) is 8.24. The zero-order valence-corrected chi connectivity index (χ0v) is 26.4. The van der Waals surface area contributed by atoms with Gasteiger partial charge >= 0.3 is 0 Å². The van der Waals surface area contributed by atoms with Crippen LogP contribution in [0.1, 0.15) is 92.4 Å². The molecule has 0 aliphatic heterocycles. The monoisotopic (exact) mass is 578 g/mol. The van der Waals surface area contributed by atoms with E-state index in [4.69, 9.17) is 0 Å². The van der Waals surface area contributed by atoms with Gasteiger partial charge in [0.05, 0.1) is 29.5 Å². The van der Waals surface area contributed by atoms with E-state index in [9.17, 15) is 20.1 Å². The number of anilines is 1. The van der Waals surface area contributed by atoms with Crippen LogP contribution in [-0.4, -0.2) is 44.1 Å². The number of carbonyl (C=O) groups excluding carboxylic acids is 1. The molecule has 6 nitrogen and oxygen atoms in total. The summed E-state index contributed by atoms with van der Waals surface area (Å²) in [5.74, 6) is 2.43. The summed E-state index contributed by atoms with van der Waals surface area (Å²) in [7, 11) is 0. The first-order valence-electron chi connectivity index (χ1n) is 16.8. The van der Waals surface area contributed by atoms with Crippen molar-refractivity contribution in [3.63, 3.8) is 0 Å². The Balaban J connectivity index is 1.12. The molecule has 4 saturated carbocycles. The number of fused-ring (bicyclic) bond motifs is 6. The Morgan fingerprint density at radius 2 is 1.81 bits per heavy atom. The van der Waals surface area contributed by atoms with Crippen LogP contribution in [0.5, 0.6) is 0 Å². The molecule has 4 N–H and O–H groups in total. The smallest absolute Gasteiger partial charge is 0.224 e. The third-order valence-corrected chi connectivity index (χ3v) is 13.0. The van der Waals surface area contributed by atoms with Gasteiger partial charge in [-0.15, -0.1) is 0 Å². The average Bonchev–Trinajstić information content (AvgIpc) is 3.51. The number of aromatic nitrogens is 1. The Labute approximate surface area is 252 Å². The largest absolute Gasteiger partial charge is 0.393 e. The highest BCUT2D eigenvalue weighted by atomic mass is 16.3. The van der Waals surface area contributed by atoms with E-state index in [0.717, 1.165) is 74.5 Å². The molecule has 2 aromatic rings. The first-order valence-corrected chi connectivity index (χ1v) is 16.8. The molecule has 0 spiro atoms. The normalized spacial score (nSPS) is 40.4. The van der Waals surface area contributed by atoms with E-state index in [1.165, 1.54) is 0 Å². The molecule has 42 heavy (non-hydrogen) atoms. The molecule has 232 valence electrons. The molecular weight excluding hydrogens is 524 g/mol. The number of rotatable bonds is 7. The van der Waals surface area contributed by atoms with Crippen molar-refractivity contribution in [1.82, 2.24) is 4.57 Å². The quantitative estimate of drug-likeness (QED) is 0.297. The number of nitrogens with zero attached hydrogens (tertiary/aromatic N) is 1. The van der Waals surface area contributed by atoms with Crippen molar-refractivity contribution in [3.8, 4) is 0 Å². The standard InChI is InChI=1S/C36H54N2O4/c1-21(2)20-38-16-14-25-29(7-6-8-30(25)38)37-33(42)12-9-22(3)26-10-11-27-34-28(19-32(41)36(26,27)5)35(4)15-13-24(39)17-23(35)18-31(34)40/h6-8,14,16,21-24,26-28,31-32,34,39-41H,9-13,15,17-20H2,1-5H3,(H,37,42)/t22-,23+,24-,26-,27+,28+,31-,32+,34+,35+,36-/m1/s1. The second-order valence-corrected chi connectivity index (χ2v) is 15.7. The van der Waals surface area contributed by atoms with Crippen LogP contribution in [-0.2, 0) is 11.3 Å². The summed E-state index contributed by atoms with van der Waals surface area (Å²) in [5, 5.41) is 38.0. The van der Waals surface area contributed by atoms with Gasteiger partial charge in [-0.3, -0.25) is 4.79 Å². The van der Waals surface area contributed by atoms with E-state index in [1.807, 2.05) is 12.1 Å². The Kier molecular flexibility index (Phi) is 8.06. The van der Waals surface area contributed by atoms with Crippen LogP contribution in [0.15, 0.2) is 30.5 Å². The topological polar surface area (TPSA) is 94.7 Å². The highest BCUT2D eigenvalue weighted by molar-refractivity contribution is 6.01. The maximum atomic E-state index is 13.2. The molecular formula is C36H54N2O4. The lowest BCUT2D eigenvalue weighted by atomic mass is 9.43. The maximum absolute atomic E-state index is 13.2. The summed E-state index contributed by atoms with van der Waals surface area (Å²) in [6.45, 7) is 12.3. The Morgan fingerprint density at radius 1 is 1.02 bits per heavy atom. The molecule has 4 aliphatic carbocycles. The van der Waals surface area contributed by atoms with Gasteiger partial charge in [0.15, 0.2) is 0 Å². The van der Waals surface area contributed by atoms with Crippen LogP contribution in [0.4, 0.5) is 5.69 Å². The number of hydrogen-bond acceptors (Lipinski definition) is 4. The molecule has 0 unspecified atom stereocenters. The highest BCUT2D eigenvalue weighted by Crippen LogP contribution is 2.68. The van der Waals surface area contributed by atoms with Crippen LogP contribution >= 0.6 is 0 Å². The average molecular weight is 579 g/mol. The van der Waals surface area contributed by atoms with Crippen molar-refractivity contribution in [2.45, 2.75) is 117 Å². The van der Waals surface area contributed by atoms with Gasteiger partial charge < -0.3 is 25.2 Å². The number of aliphatic hydroxyl groups is 3. The third kappa shape index (κ3) is 4.94. The van der Waals surface area contributed by atoms with Gasteiger partial charge in [-0.2, -0.15) is 0 Å². The molecule has 6 rings (SSSR count). The summed E-state index contributed by atoms with van der Waals surface area (Å²) >= 11 is 0. The first kappa shape index (κ1) is 30.1. The van der Waals surface area contributed by atoms with Crippen molar-refractivity contribution >= 4 is 22.5 Å². The molecule has 11 atom stereocenters. The lowest BCUT2D eigenvalue weighted by Crippen LogP contribution is -2.62. The Hall–Kier alpha value is -1.89. The van der Waals surface area contributed by atoms with Crippen molar-refractivity contribution < 1.29 is 20.1 Å². The first-order chi connectivity index (χ1) is 19.9. The number of nitrogens with one attached hydrogen (secondary N) is 1. The minimum atomic E-state index is -0.394.